The van der Waals surface area contributed by atoms with Crippen molar-refractivity contribution in [2.24, 2.45) is 0 Å². The van der Waals surface area contributed by atoms with Gasteiger partial charge in [0, 0.05) is 7.11 Å². The minimum atomic E-state index is -1.33. The first kappa shape index (κ1) is 23.0. The van der Waals surface area contributed by atoms with Crippen molar-refractivity contribution in [2.75, 3.05) is 53.4 Å². The van der Waals surface area contributed by atoms with Crippen LogP contribution in [-0.2, 0) is 19.0 Å². The Morgan fingerprint density at radius 2 is 1.36 bits per heavy atom. The SMILES string of the molecule is COCCOCCOCCOc1cc([N+](=O)[O-])c([N+](=O)[O-])cc1OCC(=O)O. The number of carbonyl (C=O) groups is 1. The van der Waals surface area contributed by atoms with Crippen LogP contribution in [0.25, 0.3) is 0 Å². The van der Waals surface area contributed by atoms with Crippen LogP contribution in [0.5, 0.6) is 11.5 Å². The zero-order valence-corrected chi connectivity index (χ0v) is 15.0. The number of ether oxygens (including phenoxy) is 5. The molecule has 1 aromatic rings. The third-order valence-electron chi connectivity index (χ3n) is 3.07. The number of rotatable bonds is 15. The minimum absolute atomic E-state index is 0.0591. The molecule has 0 saturated heterocycles. The number of carboxylic acid groups (broad SMARTS) is 1. The number of nitrogens with zero attached hydrogens (tertiary/aromatic N) is 2. The summed E-state index contributed by atoms with van der Waals surface area (Å²) in [6.07, 6.45) is 0. The Balaban J connectivity index is 2.71. The third kappa shape index (κ3) is 8.11. The van der Waals surface area contributed by atoms with Gasteiger partial charge in [-0.05, 0) is 0 Å². The van der Waals surface area contributed by atoms with Crippen LogP contribution >= 0.6 is 0 Å². The molecule has 0 saturated carbocycles. The van der Waals surface area contributed by atoms with E-state index >= 15 is 0 Å². The first-order valence-electron chi connectivity index (χ1n) is 7.95. The Hall–Kier alpha value is -3.03. The van der Waals surface area contributed by atoms with Crippen molar-refractivity contribution in [3.05, 3.63) is 32.4 Å². The molecule has 0 bridgehead atoms. The van der Waals surface area contributed by atoms with Crippen molar-refractivity contribution in [1.82, 2.24) is 0 Å². The van der Waals surface area contributed by atoms with E-state index in [1.165, 1.54) is 0 Å². The molecule has 0 aliphatic heterocycles. The number of hydrogen-bond acceptors (Lipinski definition) is 10. The molecule has 0 radical (unpaired) electrons. The maximum Gasteiger partial charge on any atom is 0.350 e. The van der Waals surface area contributed by atoms with Crippen LogP contribution in [0.15, 0.2) is 12.1 Å². The van der Waals surface area contributed by atoms with E-state index in [1.807, 2.05) is 0 Å². The van der Waals surface area contributed by atoms with Gasteiger partial charge in [-0.2, -0.15) is 0 Å². The zero-order valence-electron chi connectivity index (χ0n) is 15.0. The fourth-order valence-electron chi connectivity index (χ4n) is 1.87. The normalized spacial score (nSPS) is 10.5. The lowest BCUT2D eigenvalue weighted by molar-refractivity contribution is -0.422. The molecule has 0 unspecified atom stereocenters. The largest absolute Gasteiger partial charge is 0.487 e. The molecule has 1 rings (SSSR count). The molecular weight excluding hydrogens is 384 g/mol. The Bertz CT molecular complexity index is 680. The van der Waals surface area contributed by atoms with Crippen LogP contribution in [0.3, 0.4) is 0 Å². The molecule has 28 heavy (non-hydrogen) atoms. The van der Waals surface area contributed by atoms with E-state index in [0.29, 0.717) is 19.8 Å². The van der Waals surface area contributed by atoms with Crippen molar-refractivity contribution in [2.45, 2.75) is 0 Å². The van der Waals surface area contributed by atoms with Crippen LogP contribution in [-0.4, -0.2) is 74.3 Å². The van der Waals surface area contributed by atoms with Gasteiger partial charge in [0.15, 0.2) is 18.1 Å². The lowest BCUT2D eigenvalue weighted by Gasteiger charge is -2.12. The lowest BCUT2D eigenvalue weighted by Crippen LogP contribution is -2.14. The van der Waals surface area contributed by atoms with Gasteiger partial charge in [-0.25, -0.2) is 4.79 Å². The number of methoxy groups -OCH3 is 1. The first-order valence-corrected chi connectivity index (χ1v) is 7.95. The Kier molecular flexibility index (Phi) is 10.2. The van der Waals surface area contributed by atoms with Crippen LogP contribution in [0, 0.1) is 20.2 Å². The molecule has 0 spiro atoms. The minimum Gasteiger partial charge on any atom is -0.487 e. The van der Waals surface area contributed by atoms with E-state index in [9.17, 15) is 25.0 Å². The maximum atomic E-state index is 11.0. The second-order valence-electron chi connectivity index (χ2n) is 5.05. The number of hydrogen-bond donors (Lipinski definition) is 1. The summed E-state index contributed by atoms with van der Waals surface area (Å²) < 4.78 is 25.5. The average Bonchev–Trinajstić information content (AvgIpc) is 2.64. The van der Waals surface area contributed by atoms with E-state index in [2.05, 4.69) is 0 Å². The van der Waals surface area contributed by atoms with Gasteiger partial charge >= 0.3 is 17.3 Å². The highest BCUT2D eigenvalue weighted by Gasteiger charge is 2.28. The summed E-state index contributed by atoms with van der Waals surface area (Å²) in [6.45, 7) is 0.720. The summed E-state index contributed by atoms with van der Waals surface area (Å²) in [7, 11) is 1.55. The third-order valence-corrected chi connectivity index (χ3v) is 3.07. The molecule has 156 valence electrons. The molecule has 0 aliphatic rings. The lowest BCUT2D eigenvalue weighted by atomic mass is 10.2. The van der Waals surface area contributed by atoms with E-state index in [-0.39, 0.29) is 31.3 Å². The predicted molar refractivity (Wildman–Crippen MR) is 91.9 cm³/mol. The second kappa shape index (κ2) is 12.4. The van der Waals surface area contributed by atoms with E-state index in [4.69, 9.17) is 28.8 Å². The summed E-state index contributed by atoms with van der Waals surface area (Å²) in [6, 6.07) is 1.56. The van der Waals surface area contributed by atoms with E-state index < -0.39 is 33.8 Å². The van der Waals surface area contributed by atoms with Crippen molar-refractivity contribution in [1.29, 1.82) is 0 Å². The fourth-order valence-corrected chi connectivity index (χ4v) is 1.87. The maximum absolute atomic E-state index is 11.0. The summed E-state index contributed by atoms with van der Waals surface area (Å²) in [5, 5.41) is 30.7. The van der Waals surface area contributed by atoms with Gasteiger partial charge in [-0.1, -0.05) is 0 Å². The van der Waals surface area contributed by atoms with Crippen molar-refractivity contribution >= 4 is 17.3 Å². The van der Waals surface area contributed by atoms with Crippen LogP contribution < -0.4 is 9.47 Å². The summed E-state index contributed by atoms with van der Waals surface area (Å²) >= 11 is 0. The number of nitro benzene ring substituents is 2. The molecule has 0 heterocycles. The monoisotopic (exact) mass is 404 g/mol. The smallest absolute Gasteiger partial charge is 0.350 e. The van der Waals surface area contributed by atoms with Gasteiger partial charge in [0.1, 0.15) is 6.61 Å². The van der Waals surface area contributed by atoms with Crippen LogP contribution in [0.4, 0.5) is 11.4 Å². The molecule has 0 fully saturated rings. The highest BCUT2D eigenvalue weighted by molar-refractivity contribution is 5.69. The van der Waals surface area contributed by atoms with Crippen molar-refractivity contribution in [3.8, 4) is 11.5 Å². The fraction of sp³-hybridized carbons (Fsp3) is 0.533. The summed E-state index contributed by atoms with van der Waals surface area (Å²) in [5.74, 6) is -1.84. The van der Waals surface area contributed by atoms with Crippen molar-refractivity contribution < 1.29 is 43.4 Å². The van der Waals surface area contributed by atoms with E-state index in [1.54, 1.807) is 7.11 Å². The molecule has 13 nitrogen and oxygen atoms in total. The van der Waals surface area contributed by atoms with Gasteiger partial charge in [0.05, 0.1) is 55.0 Å². The van der Waals surface area contributed by atoms with E-state index in [0.717, 1.165) is 12.1 Å². The number of carboxylic acids is 1. The Morgan fingerprint density at radius 3 is 1.82 bits per heavy atom. The Morgan fingerprint density at radius 1 is 0.893 bits per heavy atom. The van der Waals surface area contributed by atoms with Crippen LogP contribution in [0.1, 0.15) is 0 Å². The molecule has 0 aliphatic carbocycles. The predicted octanol–water partition coefficient (Wildman–Crippen LogP) is 1.02. The molecule has 13 heteroatoms. The molecule has 1 aromatic carbocycles. The Labute approximate surface area is 159 Å². The quantitative estimate of drug-likeness (QED) is 0.251. The summed E-state index contributed by atoms with van der Waals surface area (Å²) in [4.78, 5) is 30.8. The van der Waals surface area contributed by atoms with Gasteiger partial charge in [0.25, 0.3) is 0 Å². The molecule has 1 N–H and O–H groups in total. The van der Waals surface area contributed by atoms with Gasteiger partial charge in [-0.3, -0.25) is 20.2 Å². The van der Waals surface area contributed by atoms with Gasteiger partial charge < -0.3 is 28.8 Å². The van der Waals surface area contributed by atoms with Gasteiger partial charge in [-0.15, -0.1) is 0 Å². The molecule has 0 atom stereocenters. The van der Waals surface area contributed by atoms with Crippen LogP contribution in [0.2, 0.25) is 0 Å². The molecule has 0 amide bonds. The second-order valence-corrected chi connectivity index (χ2v) is 5.05. The highest BCUT2D eigenvalue weighted by atomic mass is 16.6. The standard InChI is InChI=1S/C15H20N2O11/c1-24-2-3-25-4-5-26-6-7-27-13-8-11(16(20)21)12(17(22)23)9-14(13)28-10-15(18)19/h8-9H,2-7,10H2,1H3,(H,18,19). The summed E-state index contributed by atoms with van der Waals surface area (Å²) in [5.41, 5.74) is -1.66. The molecule has 0 aromatic heterocycles. The van der Waals surface area contributed by atoms with Gasteiger partial charge in [0.2, 0.25) is 0 Å². The average molecular weight is 404 g/mol. The number of aliphatic carboxylic acids is 1. The van der Waals surface area contributed by atoms with Crippen molar-refractivity contribution in [3.63, 3.8) is 0 Å². The first-order chi connectivity index (χ1) is 13.4. The number of benzene rings is 1. The highest BCUT2D eigenvalue weighted by Crippen LogP contribution is 2.39. The zero-order chi connectivity index (χ0) is 20.9. The molecular formula is C15H20N2O11. The topological polar surface area (TPSA) is 170 Å². The number of nitro groups is 2.